The maximum atomic E-state index is 12.3. The van der Waals surface area contributed by atoms with E-state index in [9.17, 15) is 18.3 Å². The molecule has 1 heterocycles. The van der Waals surface area contributed by atoms with Crippen molar-refractivity contribution >= 4 is 73.1 Å². The van der Waals surface area contributed by atoms with Gasteiger partial charge in [0.15, 0.2) is 0 Å². The van der Waals surface area contributed by atoms with Crippen LogP contribution in [0, 0.1) is 0 Å². The van der Waals surface area contributed by atoms with Gasteiger partial charge in [0.2, 0.25) is 0 Å². The minimum absolute atomic E-state index is 0.148. The lowest BCUT2D eigenvalue weighted by Crippen LogP contribution is -2.32. The van der Waals surface area contributed by atoms with Gasteiger partial charge in [-0.1, -0.05) is 59.3 Å². The number of hydrogen-bond donors (Lipinski definition) is 2. The number of allylic oxidation sites excluding steroid dienone is 4. The van der Waals surface area contributed by atoms with E-state index in [0.717, 1.165) is 27.8 Å². The Morgan fingerprint density at radius 1 is 1.29 bits per heavy atom. The molecule has 150 valence electrons. The van der Waals surface area contributed by atoms with Gasteiger partial charge in [-0.05, 0) is 42.3 Å². The van der Waals surface area contributed by atoms with E-state index in [1.165, 1.54) is 12.2 Å². The first-order valence-electron chi connectivity index (χ1n) is 7.71. The average molecular weight is 480 g/mol. The van der Waals surface area contributed by atoms with Gasteiger partial charge >= 0.3 is 0 Å². The van der Waals surface area contributed by atoms with Crippen molar-refractivity contribution in [1.82, 2.24) is 4.90 Å². The van der Waals surface area contributed by atoms with Crippen LogP contribution in [-0.2, 0) is 14.9 Å². The van der Waals surface area contributed by atoms with Gasteiger partial charge in [0.05, 0.1) is 20.7 Å². The van der Waals surface area contributed by atoms with E-state index in [0.29, 0.717) is 10.0 Å². The highest BCUT2D eigenvalue weighted by molar-refractivity contribution is 8.26. The first-order chi connectivity index (χ1) is 13.0. The minimum atomic E-state index is -4.22. The van der Waals surface area contributed by atoms with Crippen molar-refractivity contribution in [2.24, 2.45) is 0 Å². The number of hydrogen-bond acceptors (Lipinski definition) is 6. The molecule has 1 amide bonds. The van der Waals surface area contributed by atoms with Crippen LogP contribution in [0.15, 0.2) is 47.1 Å². The third-order valence-electron chi connectivity index (χ3n) is 3.60. The molecule has 1 saturated heterocycles. The number of halogens is 2. The van der Waals surface area contributed by atoms with Crippen molar-refractivity contribution in [3.05, 3.63) is 62.7 Å². The van der Waals surface area contributed by atoms with Gasteiger partial charge < -0.3 is 5.11 Å². The van der Waals surface area contributed by atoms with Crippen molar-refractivity contribution in [1.29, 1.82) is 0 Å². The zero-order valence-electron chi connectivity index (χ0n) is 14.4. The van der Waals surface area contributed by atoms with E-state index < -0.39 is 21.8 Å². The molecule has 0 aromatic heterocycles. The molecule has 0 radical (unpaired) electrons. The summed E-state index contributed by atoms with van der Waals surface area (Å²) in [5.41, 5.74) is 1.62. The van der Waals surface area contributed by atoms with Gasteiger partial charge in [-0.15, -0.1) is 0 Å². The van der Waals surface area contributed by atoms with Gasteiger partial charge in [-0.3, -0.25) is 14.2 Å². The Hall–Kier alpha value is -1.36. The smallest absolute Gasteiger partial charge is 0.266 e. The SMILES string of the molecule is C\C(=C/C=C(O)/C=C1/SC(=S)N(CCS(=O)(=O)O)C1=O)c1ccc(Cl)c(Cl)c1. The molecule has 0 spiro atoms. The number of aliphatic hydroxyl groups excluding tert-OH is 1. The zero-order chi connectivity index (χ0) is 21.1. The molecule has 0 unspecified atom stereocenters. The van der Waals surface area contributed by atoms with Crippen LogP contribution in [0.4, 0.5) is 0 Å². The normalized spacial score (nSPS) is 17.7. The van der Waals surface area contributed by atoms with Gasteiger partial charge in [-0.25, -0.2) is 0 Å². The lowest BCUT2D eigenvalue weighted by Gasteiger charge is -2.12. The first-order valence-corrected chi connectivity index (χ1v) is 11.3. The summed E-state index contributed by atoms with van der Waals surface area (Å²) in [4.78, 5) is 13.5. The van der Waals surface area contributed by atoms with E-state index in [-0.39, 0.29) is 21.5 Å². The maximum Gasteiger partial charge on any atom is 0.266 e. The van der Waals surface area contributed by atoms with Crippen molar-refractivity contribution < 1.29 is 22.9 Å². The summed E-state index contributed by atoms with van der Waals surface area (Å²) in [5, 5.41) is 10.9. The number of thioether (sulfide) groups is 1. The molecule has 0 atom stereocenters. The molecule has 28 heavy (non-hydrogen) atoms. The van der Waals surface area contributed by atoms with Crippen molar-refractivity contribution in [2.45, 2.75) is 6.92 Å². The van der Waals surface area contributed by atoms with Gasteiger partial charge in [-0.2, -0.15) is 8.42 Å². The molecule has 1 fully saturated rings. The molecule has 1 aromatic carbocycles. The van der Waals surface area contributed by atoms with E-state index in [4.69, 9.17) is 40.0 Å². The maximum absolute atomic E-state index is 12.3. The molecule has 0 saturated carbocycles. The minimum Gasteiger partial charge on any atom is -0.508 e. The van der Waals surface area contributed by atoms with Gasteiger partial charge in [0, 0.05) is 6.54 Å². The molecule has 2 rings (SSSR count). The molecule has 0 bridgehead atoms. The number of thiocarbonyl (C=S) groups is 1. The molecule has 1 aromatic rings. The summed E-state index contributed by atoms with van der Waals surface area (Å²) in [5.74, 6) is -1.35. The zero-order valence-corrected chi connectivity index (χ0v) is 18.4. The van der Waals surface area contributed by atoms with Crippen molar-refractivity contribution in [3.63, 3.8) is 0 Å². The van der Waals surface area contributed by atoms with E-state index in [1.54, 1.807) is 24.3 Å². The Bertz CT molecular complexity index is 1020. The van der Waals surface area contributed by atoms with Crippen LogP contribution < -0.4 is 0 Å². The molecule has 1 aliphatic rings. The Morgan fingerprint density at radius 2 is 1.96 bits per heavy atom. The summed E-state index contributed by atoms with van der Waals surface area (Å²) in [6, 6.07) is 5.14. The van der Waals surface area contributed by atoms with Crippen LogP contribution in [0.25, 0.3) is 5.57 Å². The van der Waals surface area contributed by atoms with E-state index in [2.05, 4.69) is 0 Å². The summed E-state index contributed by atoms with van der Waals surface area (Å²) >= 11 is 17.8. The molecule has 6 nitrogen and oxygen atoms in total. The van der Waals surface area contributed by atoms with Crippen molar-refractivity contribution in [3.8, 4) is 0 Å². The van der Waals surface area contributed by atoms with Crippen LogP contribution in [0.2, 0.25) is 10.0 Å². The summed E-state index contributed by atoms with van der Waals surface area (Å²) in [6.07, 6.45) is 4.29. The largest absolute Gasteiger partial charge is 0.508 e. The number of nitrogens with zero attached hydrogens (tertiary/aromatic N) is 1. The second-order valence-electron chi connectivity index (χ2n) is 5.69. The highest BCUT2D eigenvalue weighted by Crippen LogP contribution is 2.31. The predicted molar refractivity (Wildman–Crippen MR) is 117 cm³/mol. The number of carbonyl (C=O) groups excluding carboxylic acids is 1. The van der Waals surface area contributed by atoms with Gasteiger partial charge in [0.1, 0.15) is 10.1 Å². The fraction of sp³-hybridized carbons (Fsp3) is 0.176. The number of rotatable bonds is 6. The standard InChI is InChI=1S/C17H15Cl2NO5S3/c1-10(11-3-5-13(18)14(19)8-11)2-4-12(21)9-15-16(22)20(17(26)27-15)6-7-28(23,24)25/h2-5,8-9,21H,6-7H2,1H3,(H,23,24,25)/b10-2+,12-4-,15-9+. The average Bonchev–Trinajstić information content (AvgIpc) is 2.86. The third kappa shape index (κ3) is 6.33. The highest BCUT2D eigenvalue weighted by atomic mass is 35.5. The second-order valence-corrected chi connectivity index (χ2v) is 9.75. The lowest BCUT2D eigenvalue weighted by molar-refractivity contribution is -0.122. The molecular formula is C17H15Cl2NO5S3. The highest BCUT2D eigenvalue weighted by Gasteiger charge is 2.32. The number of aliphatic hydroxyl groups is 1. The fourth-order valence-corrected chi connectivity index (χ4v) is 4.13. The molecule has 0 aliphatic carbocycles. The summed E-state index contributed by atoms with van der Waals surface area (Å²) in [7, 11) is -4.22. The number of carbonyl (C=O) groups is 1. The molecular weight excluding hydrogens is 465 g/mol. The lowest BCUT2D eigenvalue weighted by atomic mass is 10.1. The molecule has 2 N–H and O–H groups in total. The third-order valence-corrected chi connectivity index (χ3v) is 6.42. The van der Waals surface area contributed by atoms with Crippen LogP contribution in [0.1, 0.15) is 12.5 Å². The van der Waals surface area contributed by atoms with Crippen LogP contribution in [0.5, 0.6) is 0 Å². The topological polar surface area (TPSA) is 94.9 Å². The van der Waals surface area contributed by atoms with Crippen LogP contribution in [-0.4, -0.2) is 45.5 Å². The summed E-state index contributed by atoms with van der Waals surface area (Å²) in [6.45, 7) is 1.56. The quantitative estimate of drug-likeness (QED) is 0.204. The second kappa shape index (κ2) is 9.43. The Balaban J connectivity index is 2.14. The Morgan fingerprint density at radius 3 is 2.57 bits per heavy atom. The van der Waals surface area contributed by atoms with Crippen LogP contribution >= 0.6 is 47.2 Å². The monoisotopic (exact) mass is 479 g/mol. The molecule has 1 aliphatic heterocycles. The number of amides is 1. The van der Waals surface area contributed by atoms with E-state index in [1.807, 2.05) is 6.92 Å². The summed E-state index contributed by atoms with van der Waals surface area (Å²) < 4.78 is 30.7. The number of benzene rings is 1. The predicted octanol–water partition coefficient (Wildman–Crippen LogP) is 4.47. The Labute approximate surface area is 182 Å². The first kappa shape index (κ1) is 22.9. The molecule has 11 heteroatoms. The van der Waals surface area contributed by atoms with Crippen LogP contribution in [0.3, 0.4) is 0 Å². The Kier molecular flexibility index (Phi) is 7.72. The fourth-order valence-electron chi connectivity index (χ4n) is 2.13. The van der Waals surface area contributed by atoms with Gasteiger partial charge in [0.25, 0.3) is 16.0 Å². The van der Waals surface area contributed by atoms with Crippen molar-refractivity contribution in [2.75, 3.05) is 12.3 Å². The van der Waals surface area contributed by atoms with E-state index >= 15 is 0 Å².